The summed E-state index contributed by atoms with van der Waals surface area (Å²) in [4.78, 5) is 4.47. The topological polar surface area (TPSA) is 98.2 Å². The Morgan fingerprint density at radius 1 is 1.23 bits per heavy atom. The molecule has 1 fully saturated rings. The molecule has 7 nitrogen and oxygen atoms in total. The summed E-state index contributed by atoms with van der Waals surface area (Å²) < 4.78 is 53.4. The van der Waals surface area contributed by atoms with E-state index in [1.54, 1.807) is 19.1 Å². The van der Waals surface area contributed by atoms with Gasteiger partial charge in [0.15, 0.2) is 5.13 Å². The van der Waals surface area contributed by atoms with Gasteiger partial charge in [-0.15, -0.1) is 11.3 Å². The fourth-order valence-electron chi connectivity index (χ4n) is 3.36. The van der Waals surface area contributed by atoms with Crippen LogP contribution in [0.5, 0.6) is 0 Å². The Morgan fingerprint density at radius 3 is 2.61 bits per heavy atom. The van der Waals surface area contributed by atoms with Gasteiger partial charge >= 0.3 is 0 Å². The Labute approximate surface area is 182 Å². The first-order chi connectivity index (χ1) is 14.6. The Kier molecular flexibility index (Phi) is 5.18. The zero-order valence-electron chi connectivity index (χ0n) is 16.6. The molecule has 1 atom stereocenters. The van der Waals surface area contributed by atoms with E-state index in [0.29, 0.717) is 16.5 Å². The Hall–Kier alpha value is -3.05. The number of sulfonamides is 1. The summed E-state index contributed by atoms with van der Waals surface area (Å²) in [5.41, 5.74) is 0.749. The number of nitrogens with zero attached hydrogens (tertiary/aromatic N) is 2. The maximum atomic E-state index is 14.7. The molecule has 0 spiro atoms. The summed E-state index contributed by atoms with van der Waals surface area (Å²) in [6.45, 7) is 1.55. The molecule has 1 unspecified atom stereocenters. The van der Waals surface area contributed by atoms with Crippen molar-refractivity contribution in [1.29, 1.82) is 5.41 Å². The van der Waals surface area contributed by atoms with Crippen LogP contribution in [-0.4, -0.2) is 36.5 Å². The summed E-state index contributed by atoms with van der Waals surface area (Å²) in [7, 11) is -2.49. The molecule has 1 aromatic heterocycles. The molecule has 0 saturated carbocycles. The van der Waals surface area contributed by atoms with Crippen LogP contribution in [0.4, 0.5) is 19.6 Å². The minimum Gasteiger partial charge on any atom is -0.345 e. The van der Waals surface area contributed by atoms with E-state index in [1.165, 1.54) is 48.7 Å². The summed E-state index contributed by atoms with van der Waals surface area (Å²) in [5, 5.41) is 16.2. The quantitative estimate of drug-likeness (QED) is 0.546. The van der Waals surface area contributed by atoms with Crippen molar-refractivity contribution in [2.24, 2.45) is 0 Å². The zero-order chi connectivity index (χ0) is 22.4. The first kappa shape index (κ1) is 21.2. The van der Waals surface area contributed by atoms with Crippen LogP contribution in [0.1, 0.15) is 12.5 Å². The van der Waals surface area contributed by atoms with Gasteiger partial charge in [-0.25, -0.2) is 26.5 Å². The summed E-state index contributed by atoms with van der Waals surface area (Å²) in [6, 6.07) is 10.3. The van der Waals surface area contributed by atoms with Crippen LogP contribution in [-0.2, 0) is 15.6 Å². The zero-order valence-corrected chi connectivity index (χ0v) is 18.2. The average Bonchev–Trinajstić information content (AvgIpc) is 3.16. The highest BCUT2D eigenvalue weighted by atomic mass is 32.2. The lowest BCUT2D eigenvalue weighted by Gasteiger charge is -2.40. The fraction of sp³-hybridized carbons (Fsp3) is 0.200. The van der Waals surface area contributed by atoms with Crippen molar-refractivity contribution >= 4 is 38.1 Å². The number of hydrogen-bond donors (Lipinski definition) is 3. The maximum absolute atomic E-state index is 14.7. The van der Waals surface area contributed by atoms with Crippen molar-refractivity contribution in [1.82, 2.24) is 14.6 Å². The van der Waals surface area contributed by atoms with Gasteiger partial charge in [0.05, 0.1) is 17.0 Å². The van der Waals surface area contributed by atoms with Crippen molar-refractivity contribution in [3.8, 4) is 11.3 Å². The number of hydrogen-bond acceptors (Lipinski definition) is 6. The lowest BCUT2D eigenvalue weighted by molar-refractivity contribution is 0.403. The molecule has 31 heavy (non-hydrogen) atoms. The van der Waals surface area contributed by atoms with Crippen LogP contribution in [0, 0.1) is 17.0 Å². The van der Waals surface area contributed by atoms with Crippen molar-refractivity contribution in [3.63, 3.8) is 0 Å². The third kappa shape index (κ3) is 4.10. The first-order valence-electron chi connectivity index (χ1n) is 9.19. The maximum Gasteiger partial charge on any atom is 0.239 e. The lowest BCUT2D eigenvalue weighted by Crippen LogP contribution is -2.61. The molecular formula is C20H19F2N5O2S2. The molecule has 3 aromatic rings. The van der Waals surface area contributed by atoms with Gasteiger partial charge in [-0.2, -0.15) is 0 Å². The van der Waals surface area contributed by atoms with E-state index in [2.05, 4.69) is 15.6 Å². The molecule has 2 aromatic carbocycles. The molecule has 0 aliphatic carbocycles. The predicted molar refractivity (Wildman–Crippen MR) is 117 cm³/mol. The molecule has 1 aliphatic rings. The van der Waals surface area contributed by atoms with Crippen molar-refractivity contribution < 1.29 is 17.2 Å². The molecular weight excluding hydrogens is 444 g/mol. The van der Waals surface area contributed by atoms with Gasteiger partial charge < -0.3 is 10.6 Å². The van der Waals surface area contributed by atoms with Gasteiger partial charge in [0.1, 0.15) is 11.6 Å². The minimum atomic E-state index is -3.76. The van der Waals surface area contributed by atoms with E-state index in [4.69, 9.17) is 5.41 Å². The highest BCUT2D eigenvalue weighted by molar-refractivity contribution is 7.89. The lowest BCUT2D eigenvalue weighted by atomic mass is 9.93. The highest BCUT2D eigenvalue weighted by Gasteiger charge is 2.43. The van der Waals surface area contributed by atoms with Crippen LogP contribution in [0.3, 0.4) is 0 Å². The molecule has 0 bridgehead atoms. The van der Waals surface area contributed by atoms with Gasteiger partial charge in [-0.1, -0.05) is 0 Å². The van der Waals surface area contributed by atoms with E-state index in [1.807, 2.05) is 5.38 Å². The number of rotatable bonds is 4. The second-order valence-corrected chi connectivity index (χ2v) is 10.3. The number of benzene rings is 2. The molecule has 2 heterocycles. The molecule has 162 valence electrons. The summed E-state index contributed by atoms with van der Waals surface area (Å²) in [5.74, 6) is -1.64. The predicted octanol–water partition coefficient (Wildman–Crippen LogP) is 3.85. The second kappa shape index (κ2) is 7.57. The largest absolute Gasteiger partial charge is 0.345 e. The van der Waals surface area contributed by atoms with E-state index >= 15 is 0 Å². The van der Waals surface area contributed by atoms with E-state index in [0.717, 1.165) is 9.87 Å². The molecule has 1 saturated heterocycles. The fourth-order valence-corrected chi connectivity index (χ4v) is 5.57. The summed E-state index contributed by atoms with van der Waals surface area (Å²) in [6.07, 6.45) is 0. The monoisotopic (exact) mass is 463 g/mol. The highest BCUT2D eigenvalue weighted by Crippen LogP contribution is 2.33. The third-order valence-electron chi connectivity index (χ3n) is 5.05. The van der Waals surface area contributed by atoms with Crippen molar-refractivity contribution in [2.45, 2.75) is 12.5 Å². The molecule has 3 N–H and O–H groups in total. The van der Waals surface area contributed by atoms with E-state index in [-0.39, 0.29) is 17.3 Å². The Bertz CT molecular complexity index is 1260. The van der Waals surface area contributed by atoms with Gasteiger partial charge in [0.25, 0.3) is 0 Å². The summed E-state index contributed by atoms with van der Waals surface area (Å²) >= 11 is 1.33. The number of aromatic nitrogens is 1. The second-order valence-electron chi connectivity index (χ2n) is 7.39. The Morgan fingerprint density at radius 2 is 1.94 bits per heavy atom. The van der Waals surface area contributed by atoms with Crippen LogP contribution in [0.25, 0.3) is 11.3 Å². The van der Waals surface area contributed by atoms with Gasteiger partial charge in [0, 0.05) is 29.2 Å². The number of thiazole rings is 1. The SMILES string of the molecule is CN1C(=N)NC(C)(c2cc(Nc3nc(-c4ccc(F)cc4)cs3)ccc2F)CS1(=O)=O. The first-order valence-corrected chi connectivity index (χ1v) is 11.7. The smallest absolute Gasteiger partial charge is 0.239 e. The average molecular weight is 464 g/mol. The molecule has 1 aliphatic heterocycles. The normalized spacial score (nSPS) is 20.4. The van der Waals surface area contributed by atoms with Crippen LogP contribution >= 0.6 is 11.3 Å². The number of nitrogens with one attached hydrogen (secondary N) is 3. The molecule has 0 radical (unpaired) electrons. The van der Waals surface area contributed by atoms with Crippen LogP contribution in [0.2, 0.25) is 0 Å². The van der Waals surface area contributed by atoms with E-state index < -0.39 is 27.1 Å². The van der Waals surface area contributed by atoms with Crippen molar-refractivity contribution in [2.75, 3.05) is 18.1 Å². The number of guanidine groups is 1. The number of anilines is 2. The molecule has 0 amide bonds. The van der Waals surface area contributed by atoms with Crippen molar-refractivity contribution in [3.05, 3.63) is 65.0 Å². The third-order valence-corrected chi connectivity index (χ3v) is 7.77. The standard InChI is InChI=1S/C20H19F2N5O2S2/c1-20(11-31(28,29)27(2)18(23)26-20)15-9-14(7-8-16(15)22)24-19-25-17(10-30-19)12-3-5-13(21)6-4-12/h3-10H,11H2,1-2H3,(H2,23,26)(H,24,25). The van der Waals surface area contributed by atoms with Gasteiger partial charge in [0.2, 0.25) is 16.0 Å². The van der Waals surface area contributed by atoms with E-state index in [9.17, 15) is 17.2 Å². The molecule has 11 heteroatoms. The number of halogens is 2. The van der Waals surface area contributed by atoms with Crippen LogP contribution < -0.4 is 10.6 Å². The Balaban J connectivity index is 1.62. The molecule has 4 rings (SSSR count). The van der Waals surface area contributed by atoms with Crippen LogP contribution in [0.15, 0.2) is 47.8 Å². The van der Waals surface area contributed by atoms with Gasteiger partial charge in [-0.05, 0) is 49.4 Å². The van der Waals surface area contributed by atoms with Gasteiger partial charge in [-0.3, -0.25) is 5.41 Å². The minimum absolute atomic E-state index is 0.120.